The maximum Gasteiger partial charge on any atom is 0.105 e. The van der Waals surface area contributed by atoms with Crippen LogP contribution in [0.2, 0.25) is 5.02 Å². The molecule has 2 nitrogen and oxygen atoms in total. The van der Waals surface area contributed by atoms with Crippen LogP contribution in [0, 0.1) is 5.41 Å². The minimum Gasteiger partial charge on any atom is -0.333 e. The average molecular weight is 382 g/mol. The largest absolute Gasteiger partial charge is 0.333 e. The van der Waals surface area contributed by atoms with Gasteiger partial charge in [-0.15, -0.1) is 23.5 Å². The quantitative estimate of drug-likeness (QED) is 0.374. The lowest BCUT2D eigenvalue weighted by atomic mass is 10.1. The predicted molar refractivity (Wildman–Crippen MR) is 106 cm³/mol. The summed E-state index contributed by atoms with van der Waals surface area (Å²) in [6.07, 6.45) is 2.47. The zero-order chi connectivity index (χ0) is 17.5. The Bertz CT molecular complexity index is 709. The van der Waals surface area contributed by atoms with Gasteiger partial charge in [0.25, 0.3) is 0 Å². The fourth-order valence-corrected chi connectivity index (χ4v) is 3.55. The number of amidine groups is 1. The molecular weight excluding hydrogens is 362 g/mol. The van der Waals surface area contributed by atoms with Gasteiger partial charge in [-0.3, -0.25) is 9.80 Å². The van der Waals surface area contributed by atoms with E-state index in [4.69, 9.17) is 17.0 Å². The minimum atomic E-state index is -0.354. The van der Waals surface area contributed by atoms with Crippen LogP contribution in [-0.2, 0) is 6.42 Å². The second kappa shape index (κ2) is 9.35. The highest BCUT2D eigenvalue weighted by Gasteiger charge is 2.11. The third-order valence-electron chi connectivity index (χ3n) is 3.57. The van der Waals surface area contributed by atoms with E-state index >= 15 is 0 Å². The molecule has 0 saturated carbocycles. The van der Waals surface area contributed by atoms with E-state index in [1.807, 2.05) is 54.6 Å². The smallest absolute Gasteiger partial charge is 0.105 e. The maximum absolute atomic E-state index is 12.3. The molecule has 0 bridgehead atoms. The maximum atomic E-state index is 12.3. The molecular formula is C18H20ClFN2S2. The number of hydrogen-bond acceptors (Lipinski definition) is 3. The zero-order valence-electron chi connectivity index (χ0n) is 13.7. The van der Waals surface area contributed by atoms with Gasteiger partial charge in [-0.1, -0.05) is 17.7 Å². The molecule has 0 saturated heterocycles. The second-order valence-electron chi connectivity index (χ2n) is 5.17. The van der Waals surface area contributed by atoms with E-state index in [0.717, 1.165) is 21.0 Å². The van der Waals surface area contributed by atoms with Gasteiger partial charge in [0, 0.05) is 39.7 Å². The molecule has 0 spiro atoms. The molecule has 0 atom stereocenters. The third kappa shape index (κ3) is 5.16. The fraction of sp³-hybridized carbons (Fsp3) is 0.278. The highest BCUT2D eigenvalue weighted by atomic mass is 35.5. The van der Waals surface area contributed by atoms with Gasteiger partial charge in [-0.2, -0.15) is 0 Å². The monoisotopic (exact) mass is 381 g/mol. The number of nitrogens with zero attached hydrogens (tertiary/aromatic N) is 1. The number of benzene rings is 2. The first kappa shape index (κ1) is 19.2. The molecule has 0 fully saturated rings. The average Bonchev–Trinajstić information content (AvgIpc) is 2.61. The second-order valence-corrected chi connectivity index (χ2v) is 7.63. The van der Waals surface area contributed by atoms with Crippen molar-refractivity contribution in [2.24, 2.45) is 0 Å². The number of nitrogens with one attached hydrogen (secondary N) is 1. The molecule has 0 amide bonds. The van der Waals surface area contributed by atoms with E-state index in [2.05, 4.69) is 6.07 Å². The molecule has 6 heteroatoms. The number of rotatable bonds is 7. The summed E-state index contributed by atoms with van der Waals surface area (Å²) in [6.45, 7) is -0.354. The SMILES string of the molecule is CSc1cccc(N(C)C(=N)Cc2cc(SCC[18F])ccc2Cl)c1. The summed E-state index contributed by atoms with van der Waals surface area (Å²) in [5, 5.41) is 9.03. The summed E-state index contributed by atoms with van der Waals surface area (Å²) < 4.78 is 12.3. The van der Waals surface area contributed by atoms with E-state index in [-0.39, 0.29) is 6.67 Å². The van der Waals surface area contributed by atoms with E-state index in [0.29, 0.717) is 23.0 Å². The normalized spacial score (nSPS) is 10.7. The van der Waals surface area contributed by atoms with Crippen LogP contribution in [0.4, 0.5) is 10.1 Å². The lowest BCUT2D eigenvalue weighted by Crippen LogP contribution is -2.27. The molecule has 128 valence electrons. The molecule has 0 aliphatic carbocycles. The molecule has 24 heavy (non-hydrogen) atoms. The van der Waals surface area contributed by atoms with Crippen LogP contribution in [0.15, 0.2) is 52.3 Å². The van der Waals surface area contributed by atoms with Gasteiger partial charge in [-0.05, 0) is 48.2 Å². The summed E-state index contributed by atoms with van der Waals surface area (Å²) in [5.41, 5.74) is 1.87. The Morgan fingerprint density at radius 3 is 2.71 bits per heavy atom. The van der Waals surface area contributed by atoms with Crippen LogP contribution in [0.5, 0.6) is 0 Å². The highest BCUT2D eigenvalue weighted by molar-refractivity contribution is 7.99. The molecule has 0 unspecified atom stereocenters. The van der Waals surface area contributed by atoms with Crippen molar-refractivity contribution >= 4 is 46.6 Å². The van der Waals surface area contributed by atoms with Gasteiger partial charge in [0.05, 0.1) is 6.67 Å². The van der Waals surface area contributed by atoms with Crippen molar-refractivity contribution in [3.05, 3.63) is 53.1 Å². The van der Waals surface area contributed by atoms with Gasteiger partial charge in [0.1, 0.15) is 5.84 Å². The van der Waals surface area contributed by atoms with Crippen LogP contribution >= 0.6 is 35.1 Å². The molecule has 0 aliphatic heterocycles. The Balaban J connectivity index is 2.13. The van der Waals surface area contributed by atoms with E-state index in [1.165, 1.54) is 11.8 Å². The lowest BCUT2D eigenvalue weighted by Gasteiger charge is -2.21. The van der Waals surface area contributed by atoms with E-state index in [1.54, 1.807) is 11.8 Å². The number of thioether (sulfide) groups is 2. The Labute approximate surface area is 156 Å². The fourth-order valence-electron chi connectivity index (χ4n) is 2.21. The molecule has 0 aliphatic rings. The van der Waals surface area contributed by atoms with Gasteiger partial charge in [0.2, 0.25) is 0 Å². The topological polar surface area (TPSA) is 27.1 Å². The molecule has 0 heterocycles. The van der Waals surface area contributed by atoms with Crippen LogP contribution in [-0.4, -0.2) is 31.6 Å². The number of alkyl halides is 1. The Hall–Kier alpha value is -1.17. The van der Waals surface area contributed by atoms with Crippen LogP contribution in [0.25, 0.3) is 0 Å². The first-order valence-corrected chi connectivity index (χ1v) is 10.1. The van der Waals surface area contributed by atoms with E-state index in [9.17, 15) is 4.39 Å². The number of hydrogen-bond donors (Lipinski definition) is 1. The van der Waals surface area contributed by atoms with Gasteiger partial charge in [0.15, 0.2) is 0 Å². The van der Waals surface area contributed by atoms with Crippen molar-refractivity contribution in [3.8, 4) is 0 Å². The first-order chi connectivity index (χ1) is 11.5. The molecule has 0 radical (unpaired) electrons. The van der Waals surface area contributed by atoms with E-state index < -0.39 is 0 Å². The highest BCUT2D eigenvalue weighted by Crippen LogP contribution is 2.26. The standard InChI is InChI=1S/C18H20ClFN2S2/c1-22(14-4-3-5-15(12-14)23-2)18(21)11-13-10-16(24-9-8-20)6-7-17(13)19/h3-7,10,12,21H,8-9,11H2,1-2H3/i20-1. The van der Waals surface area contributed by atoms with Crippen LogP contribution in [0.3, 0.4) is 0 Å². The van der Waals surface area contributed by atoms with Crippen molar-refractivity contribution in [2.45, 2.75) is 16.2 Å². The zero-order valence-corrected chi connectivity index (χ0v) is 16.1. The van der Waals surface area contributed by atoms with Crippen LogP contribution in [0.1, 0.15) is 5.56 Å². The summed E-state index contributed by atoms with van der Waals surface area (Å²) in [7, 11) is 1.89. The Kier molecular flexibility index (Phi) is 7.46. The van der Waals surface area contributed by atoms with Crippen LogP contribution < -0.4 is 4.90 Å². The third-order valence-corrected chi connectivity index (χ3v) is 5.61. The summed E-state index contributed by atoms with van der Waals surface area (Å²) >= 11 is 9.41. The molecule has 1 N–H and O–H groups in total. The molecule has 2 aromatic rings. The van der Waals surface area contributed by atoms with Crippen molar-refractivity contribution in [1.29, 1.82) is 5.41 Å². The van der Waals surface area contributed by atoms with Gasteiger partial charge in [-0.25, -0.2) is 0 Å². The van der Waals surface area contributed by atoms with Crippen molar-refractivity contribution < 1.29 is 4.39 Å². The lowest BCUT2D eigenvalue weighted by molar-refractivity contribution is 0.533. The first-order valence-electron chi connectivity index (χ1n) is 7.47. The summed E-state index contributed by atoms with van der Waals surface area (Å²) in [6, 6.07) is 13.8. The van der Waals surface area contributed by atoms with Crippen molar-refractivity contribution in [1.82, 2.24) is 0 Å². The minimum absolute atomic E-state index is 0.354. The van der Waals surface area contributed by atoms with Gasteiger partial charge < -0.3 is 4.90 Å². The molecule has 2 rings (SSSR count). The predicted octanol–water partition coefficient (Wildman–Crippen LogP) is 5.78. The van der Waals surface area contributed by atoms with Crippen molar-refractivity contribution in [2.75, 3.05) is 30.6 Å². The molecule has 2 aromatic carbocycles. The number of likely N-dealkylation sites (N-methyl/N-ethyl adjacent to an activating group) is 1. The summed E-state index contributed by atoms with van der Waals surface area (Å²) in [5.74, 6) is 0.891. The summed E-state index contributed by atoms with van der Waals surface area (Å²) in [4.78, 5) is 4.00. The van der Waals surface area contributed by atoms with Gasteiger partial charge >= 0.3 is 0 Å². The van der Waals surface area contributed by atoms with Crippen molar-refractivity contribution in [3.63, 3.8) is 0 Å². The number of halogens is 2. The Morgan fingerprint density at radius 1 is 1.21 bits per heavy atom. The number of anilines is 1. The molecule has 0 aromatic heterocycles. The Morgan fingerprint density at radius 2 is 2.00 bits per heavy atom.